The molecule has 0 aliphatic carbocycles. The number of carbonyl (C=O) groups excluding carboxylic acids is 1. The molecule has 1 aromatic carbocycles. The van der Waals surface area contributed by atoms with Crippen molar-refractivity contribution in [3.63, 3.8) is 0 Å². The van der Waals surface area contributed by atoms with Crippen LogP contribution in [0.15, 0.2) is 24.3 Å². The molecule has 0 bridgehead atoms. The summed E-state index contributed by atoms with van der Waals surface area (Å²) >= 11 is 6.27. The van der Waals surface area contributed by atoms with Crippen LogP contribution in [0, 0.1) is 5.92 Å². The molecular weight excluding hydrogens is 369 g/mol. The number of piperidine rings is 1. The lowest BCUT2D eigenvalue weighted by Gasteiger charge is -2.35. The summed E-state index contributed by atoms with van der Waals surface area (Å²) < 4.78 is 0. The van der Waals surface area contributed by atoms with Gasteiger partial charge < -0.3 is 16.0 Å². The predicted molar refractivity (Wildman–Crippen MR) is 107 cm³/mol. The SMILES string of the molecule is CC(C)C[C@H](N)C(=O)NC1CCCN(c2ccccc2Cl)C1.Cl.Cl. The fourth-order valence-electron chi connectivity index (χ4n) is 2.95. The summed E-state index contributed by atoms with van der Waals surface area (Å²) in [5.41, 5.74) is 7.00. The van der Waals surface area contributed by atoms with Crippen molar-refractivity contribution in [2.75, 3.05) is 18.0 Å². The molecule has 0 saturated carbocycles. The highest BCUT2D eigenvalue weighted by atomic mass is 35.5. The van der Waals surface area contributed by atoms with Crippen LogP contribution >= 0.6 is 36.4 Å². The van der Waals surface area contributed by atoms with Crippen molar-refractivity contribution < 1.29 is 4.79 Å². The number of nitrogens with zero attached hydrogens (tertiary/aromatic N) is 1. The lowest BCUT2D eigenvalue weighted by Crippen LogP contribution is -2.52. The number of hydrogen-bond donors (Lipinski definition) is 2. The zero-order valence-corrected chi connectivity index (χ0v) is 16.6. The average molecular weight is 397 g/mol. The predicted octanol–water partition coefficient (Wildman–Crippen LogP) is 3.64. The van der Waals surface area contributed by atoms with Gasteiger partial charge >= 0.3 is 0 Å². The van der Waals surface area contributed by atoms with E-state index >= 15 is 0 Å². The van der Waals surface area contributed by atoms with E-state index in [4.69, 9.17) is 17.3 Å². The first-order valence-corrected chi connectivity index (χ1v) is 8.40. The number of hydrogen-bond acceptors (Lipinski definition) is 3. The van der Waals surface area contributed by atoms with Crippen LogP contribution in [0.25, 0.3) is 0 Å². The zero-order valence-electron chi connectivity index (χ0n) is 14.2. The molecule has 0 spiro atoms. The molecule has 1 amide bonds. The smallest absolute Gasteiger partial charge is 0.237 e. The topological polar surface area (TPSA) is 58.4 Å². The summed E-state index contributed by atoms with van der Waals surface area (Å²) in [7, 11) is 0. The number of nitrogens with one attached hydrogen (secondary N) is 1. The first kappa shape index (κ1) is 23.3. The van der Waals surface area contributed by atoms with Crippen LogP contribution in [0.5, 0.6) is 0 Å². The van der Waals surface area contributed by atoms with Crippen LogP contribution in [-0.2, 0) is 4.79 Å². The van der Waals surface area contributed by atoms with Gasteiger partial charge in [0.2, 0.25) is 5.91 Å². The molecule has 7 heteroatoms. The molecule has 1 fully saturated rings. The number of amides is 1. The highest BCUT2D eigenvalue weighted by Crippen LogP contribution is 2.27. The normalized spacial score (nSPS) is 18.4. The highest BCUT2D eigenvalue weighted by Gasteiger charge is 2.24. The second-order valence-electron chi connectivity index (χ2n) is 6.48. The Morgan fingerprint density at radius 2 is 2.04 bits per heavy atom. The standard InChI is InChI=1S/C17H26ClN3O.2ClH/c1-12(2)10-15(19)17(22)20-13-6-5-9-21(11-13)16-8-4-3-7-14(16)18;;/h3-4,7-8,12-13,15H,5-6,9-11,19H2,1-2H3,(H,20,22);2*1H/t13?,15-;;/m0../s1. The third kappa shape index (κ3) is 6.67. The quantitative estimate of drug-likeness (QED) is 0.799. The van der Waals surface area contributed by atoms with Gasteiger partial charge in [0.05, 0.1) is 16.8 Å². The largest absolute Gasteiger partial charge is 0.368 e. The van der Waals surface area contributed by atoms with Gasteiger partial charge in [0.15, 0.2) is 0 Å². The molecule has 1 unspecified atom stereocenters. The fraction of sp³-hybridized carbons (Fsp3) is 0.588. The van der Waals surface area contributed by atoms with Crippen LogP contribution in [-0.4, -0.2) is 31.1 Å². The van der Waals surface area contributed by atoms with E-state index in [1.165, 1.54) is 0 Å². The fourth-order valence-corrected chi connectivity index (χ4v) is 3.20. The number of nitrogens with two attached hydrogens (primary N) is 1. The Morgan fingerprint density at radius 1 is 1.38 bits per heavy atom. The van der Waals surface area contributed by atoms with Gasteiger partial charge in [-0.1, -0.05) is 37.6 Å². The number of benzene rings is 1. The highest BCUT2D eigenvalue weighted by molar-refractivity contribution is 6.33. The summed E-state index contributed by atoms with van der Waals surface area (Å²) in [6.45, 7) is 5.90. The summed E-state index contributed by atoms with van der Waals surface area (Å²) in [4.78, 5) is 14.4. The Kier molecular flexibility index (Phi) is 10.7. The average Bonchev–Trinajstić information content (AvgIpc) is 2.47. The molecule has 2 rings (SSSR count). The monoisotopic (exact) mass is 395 g/mol. The minimum Gasteiger partial charge on any atom is -0.368 e. The van der Waals surface area contributed by atoms with Gasteiger partial charge in [0.1, 0.15) is 0 Å². The van der Waals surface area contributed by atoms with Gasteiger partial charge in [-0.05, 0) is 37.3 Å². The second kappa shape index (κ2) is 11.0. The van der Waals surface area contributed by atoms with E-state index in [1.807, 2.05) is 24.3 Å². The van der Waals surface area contributed by atoms with Gasteiger partial charge in [0, 0.05) is 19.1 Å². The van der Waals surface area contributed by atoms with Gasteiger partial charge in [-0.25, -0.2) is 0 Å². The van der Waals surface area contributed by atoms with Crippen molar-refractivity contribution >= 4 is 48.0 Å². The Labute approximate surface area is 162 Å². The molecule has 0 radical (unpaired) electrons. The zero-order chi connectivity index (χ0) is 16.1. The molecule has 1 aliphatic heterocycles. The Bertz CT molecular complexity index is 514. The maximum atomic E-state index is 12.2. The number of halogens is 3. The molecular formula is C17H28Cl3N3O. The molecule has 24 heavy (non-hydrogen) atoms. The molecule has 3 N–H and O–H groups in total. The van der Waals surface area contributed by atoms with Crippen LogP contribution < -0.4 is 16.0 Å². The maximum absolute atomic E-state index is 12.2. The van der Waals surface area contributed by atoms with E-state index in [9.17, 15) is 4.79 Å². The number of carbonyl (C=O) groups is 1. The molecule has 1 heterocycles. The van der Waals surface area contributed by atoms with Gasteiger partial charge in [-0.15, -0.1) is 24.8 Å². The summed E-state index contributed by atoms with van der Waals surface area (Å²) in [5.74, 6) is 0.381. The molecule has 0 aromatic heterocycles. The minimum atomic E-state index is -0.421. The van der Waals surface area contributed by atoms with Crippen molar-refractivity contribution in [1.82, 2.24) is 5.32 Å². The van der Waals surface area contributed by atoms with Crippen molar-refractivity contribution in [1.29, 1.82) is 0 Å². The number of para-hydroxylation sites is 1. The van der Waals surface area contributed by atoms with Crippen LogP contribution in [0.1, 0.15) is 33.1 Å². The van der Waals surface area contributed by atoms with Crippen molar-refractivity contribution in [3.8, 4) is 0 Å². The van der Waals surface area contributed by atoms with E-state index in [-0.39, 0.29) is 36.8 Å². The van der Waals surface area contributed by atoms with Gasteiger partial charge in [0.25, 0.3) is 0 Å². The Balaban J connectivity index is 0.00000264. The molecule has 138 valence electrons. The summed E-state index contributed by atoms with van der Waals surface area (Å²) in [6, 6.07) is 7.56. The number of anilines is 1. The molecule has 1 saturated heterocycles. The van der Waals surface area contributed by atoms with Gasteiger partial charge in [-0.3, -0.25) is 4.79 Å². The molecule has 2 atom stereocenters. The lowest BCUT2D eigenvalue weighted by atomic mass is 10.0. The van der Waals surface area contributed by atoms with E-state index in [0.717, 1.165) is 36.6 Å². The number of rotatable bonds is 5. The Morgan fingerprint density at radius 3 is 2.67 bits per heavy atom. The summed E-state index contributed by atoms with van der Waals surface area (Å²) in [6.07, 6.45) is 2.74. The van der Waals surface area contributed by atoms with Crippen molar-refractivity contribution in [2.45, 2.75) is 45.2 Å². The van der Waals surface area contributed by atoms with Gasteiger partial charge in [-0.2, -0.15) is 0 Å². The third-order valence-corrected chi connectivity index (χ3v) is 4.34. The van der Waals surface area contributed by atoms with Crippen molar-refractivity contribution in [2.24, 2.45) is 11.7 Å². The first-order chi connectivity index (χ1) is 10.5. The Hall–Kier alpha value is -0.680. The van der Waals surface area contributed by atoms with Crippen LogP contribution in [0.3, 0.4) is 0 Å². The summed E-state index contributed by atoms with van der Waals surface area (Å²) in [5, 5.41) is 3.85. The van der Waals surface area contributed by atoms with Crippen molar-refractivity contribution in [3.05, 3.63) is 29.3 Å². The van der Waals surface area contributed by atoms with E-state index in [0.29, 0.717) is 12.3 Å². The third-order valence-electron chi connectivity index (χ3n) is 4.02. The molecule has 4 nitrogen and oxygen atoms in total. The van der Waals surface area contributed by atoms with E-state index < -0.39 is 6.04 Å². The minimum absolute atomic E-state index is 0. The van der Waals surface area contributed by atoms with E-state index in [2.05, 4.69) is 24.1 Å². The molecule has 1 aliphatic rings. The second-order valence-corrected chi connectivity index (χ2v) is 6.89. The van der Waals surface area contributed by atoms with Crippen LogP contribution in [0.4, 0.5) is 5.69 Å². The first-order valence-electron chi connectivity index (χ1n) is 8.02. The lowest BCUT2D eigenvalue weighted by molar-refractivity contribution is -0.123. The maximum Gasteiger partial charge on any atom is 0.237 e. The van der Waals surface area contributed by atoms with E-state index in [1.54, 1.807) is 0 Å². The van der Waals surface area contributed by atoms with Crippen LogP contribution in [0.2, 0.25) is 5.02 Å². The molecule has 1 aromatic rings.